The van der Waals surface area contributed by atoms with Crippen molar-refractivity contribution >= 4 is 33.0 Å². The fourth-order valence-electron chi connectivity index (χ4n) is 3.12. The van der Waals surface area contributed by atoms with Crippen LogP contribution in [0.5, 0.6) is 11.5 Å². The number of hydrogen-bond donors (Lipinski definition) is 1. The molecular weight excluding hydrogens is 435 g/mol. The van der Waals surface area contributed by atoms with Gasteiger partial charge in [0.2, 0.25) is 0 Å². The minimum absolute atomic E-state index is 0.206. The highest BCUT2D eigenvalue weighted by atomic mass is 35.5. The molecule has 1 heterocycles. The van der Waals surface area contributed by atoms with Crippen LogP contribution < -0.4 is 19.1 Å². The molecular formula is C20H24ClFN2O5S. The van der Waals surface area contributed by atoms with Gasteiger partial charge in [-0.15, -0.1) is 0 Å². The molecule has 0 amide bonds. The largest absolute Gasteiger partial charge is 0.492 e. The van der Waals surface area contributed by atoms with Gasteiger partial charge in [-0.05, 0) is 32.0 Å². The zero-order valence-electron chi connectivity index (χ0n) is 16.8. The van der Waals surface area contributed by atoms with Crippen LogP contribution in [0.4, 0.5) is 15.8 Å². The molecule has 1 saturated heterocycles. The van der Waals surface area contributed by atoms with E-state index in [0.29, 0.717) is 51.0 Å². The average Bonchev–Trinajstić information content (AvgIpc) is 2.70. The summed E-state index contributed by atoms with van der Waals surface area (Å²) in [7, 11) is -4.09. The predicted octanol–water partition coefficient (Wildman–Crippen LogP) is 3.91. The summed E-state index contributed by atoms with van der Waals surface area (Å²) in [5, 5.41) is -0.213. The summed E-state index contributed by atoms with van der Waals surface area (Å²) in [5.41, 5.74) is 1.00. The van der Waals surface area contributed by atoms with Crippen LogP contribution >= 0.6 is 11.6 Å². The average molecular weight is 459 g/mol. The van der Waals surface area contributed by atoms with Crippen molar-refractivity contribution in [1.29, 1.82) is 0 Å². The first kappa shape index (κ1) is 22.5. The van der Waals surface area contributed by atoms with E-state index in [1.807, 2.05) is 6.92 Å². The van der Waals surface area contributed by atoms with Gasteiger partial charge in [0, 0.05) is 25.2 Å². The Balaban J connectivity index is 2.03. The molecule has 3 rings (SSSR count). The van der Waals surface area contributed by atoms with Crippen LogP contribution in [0, 0.1) is 5.82 Å². The molecule has 164 valence electrons. The van der Waals surface area contributed by atoms with E-state index in [2.05, 4.69) is 9.62 Å². The number of rotatable bonds is 8. The molecule has 10 heteroatoms. The van der Waals surface area contributed by atoms with Crippen molar-refractivity contribution in [2.75, 3.05) is 49.1 Å². The minimum Gasteiger partial charge on any atom is -0.492 e. The van der Waals surface area contributed by atoms with Crippen molar-refractivity contribution in [2.45, 2.75) is 18.7 Å². The van der Waals surface area contributed by atoms with E-state index in [-0.39, 0.29) is 15.6 Å². The SMILES string of the molecule is CCOc1cc(N2CCOCC2)c(OCC)cc1NS(=O)(=O)c1ccc(F)cc1Cl. The molecule has 1 aliphatic rings. The summed E-state index contributed by atoms with van der Waals surface area (Å²) in [5.74, 6) is 0.248. The van der Waals surface area contributed by atoms with Gasteiger partial charge < -0.3 is 19.1 Å². The Labute approximate surface area is 180 Å². The maximum atomic E-state index is 13.3. The highest BCUT2D eigenvalue weighted by Crippen LogP contribution is 2.40. The molecule has 0 bridgehead atoms. The lowest BCUT2D eigenvalue weighted by molar-refractivity contribution is 0.122. The molecule has 0 spiro atoms. The lowest BCUT2D eigenvalue weighted by Gasteiger charge is -2.31. The monoisotopic (exact) mass is 458 g/mol. The van der Waals surface area contributed by atoms with E-state index in [9.17, 15) is 12.8 Å². The quantitative estimate of drug-likeness (QED) is 0.646. The van der Waals surface area contributed by atoms with Crippen molar-refractivity contribution < 1.29 is 27.0 Å². The first-order chi connectivity index (χ1) is 14.4. The van der Waals surface area contributed by atoms with Crippen LogP contribution in [0.2, 0.25) is 5.02 Å². The molecule has 0 saturated carbocycles. The number of sulfonamides is 1. The second kappa shape index (κ2) is 9.72. The predicted molar refractivity (Wildman–Crippen MR) is 114 cm³/mol. The Kier molecular flexibility index (Phi) is 7.27. The van der Waals surface area contributed by atoms with Gasteiger partial charge in [-0.3, -0.25) is 4.72 Å². The number of nitrogens with zero attached hydrogens (tertiary/aromatic N) is 1. The summed E-state index contributed by atoms with van der Waals surface area (Å²) in [4.78, 5) is 1.87. The van der Waals surface area contributed by atoms with Crippen molar-refractivity contribution in [1.82, 2.24) is 0 Å². The van der Waals surface area contributed by atoms with Gasteiger partial charge in [-0.25, -0.2) is 12.8 Å². The standard InChI is InChI=1S/C20H24ClFN2O5S/c1-3-28-18-13-17(24-7-9-27-10-8-24)19(29-4-2)12-16(18)23-30(25,26)20-6-5-14(22)11-15(20)21/h5-6,11-13,23H,3-4,7-10H2,1-2H3. The Morgan fingerprint density at radius 3 is 2.40 bits per heavy atom. The van der Waals surface area contributed by atoms with Crippen LogP contribution in [0.25, 0.3) is 0 Å². The Bertz CT molecular complexity index is 997. The summed E-state index contributed by atoms with van der Waals surface area (Å²) in [6.07, 6.45) is 0. The van der Waals surface area contributed by atoms with Crippen molar-refractivity contribution in [2.24, 2.45) is 0 Å². The van der Waals surface area contributed by atoms with E-state index in [1.165, 1.54) is 0 Å². The fourth-order valence-corrected chi connectivity index (χ4v) is 4.71. The first-order valence-electron chi connectivity index (χ1n) is 9.60. The van der Waals surface area contributed by atoms with Crippen LogP contribution in [0.3, 0.4) is 0 Å². The van der Waals surface area contributed by atoms with Crippen molar-refractivity contribution in [3.8, 4) is 11.5 Å². The highest BCUT2D eigenvalue weighted by Gasteiger charge is 2.24. The molecule has 0 unspecified atom stereocenters. The Morgan fingerprint density at radius 2 is 1.77 bits per heavy atom. The molecule has 0 aromatic heterocycles. The third-order valence-electron chi connectivity index (χ3n) is 4.44. The molecule has 0 atom stereocenters. The second-order valence-electron chi connectivity index (χ2n) is 6.46. The molecule has 2 aromatic carbocycles. The number of nitrogens with one attached hydrogen (secondary N) is 1. The molecule has 30 heavy (non-hydrogen) atoms. The van der Waals surface area contributed by atoms with Crippen molar-refractivity contribution in [3.05, 3.63) is 41.2 Å². The summed E-state index contributed by atoms with van der Waals surface area (Å²) < 4.78 is 58.5. The minimum atomic E-state index is -4.09. The smallest absolute Gasteiger partial charge is 0.263 e. The fraction of sp³-hybridized carbons (Fsp3) is 0.400. The topological polar surface area (TPSA) is 77.1 Å². The van der Waals surface area contributed by atoms with Crippen LogP contribution in [-0.2, 0) is 14.8 Å². The zero-order valence-corrected chi connectivity index (χ0v) is 18.4. The number of ether oxygens (including phenoxy) is 3. The summed E-state index contributed by atoms with van der Waals surface area (Å²) in [6, 6.07) is 6.45. The van der Waals surface area contributed by atoms with Crippen molar-refractivity contribution in [3.63, 3.8) is 0 Å². The number of morpholine rings is 1. The maximum absolute atomic E-state index is 13.3. The zero-order chi connectivity index (χ0) is 21.7. The van der Waals surface area contributed by atoms with Gasteiger partial charge in [0.1, 0.15) is 22.2 Å². The van der Waals surface area contributed by atoms with E-state index >= 15 is 0 Å². The molecule has 1 N–H and O–H groups in total. The van der Waals surface area contributed by atoms with Crippen LogP contribution in [0.15, 0.2) is 35.2 Å². The molecule has 1 aliphatic heterocycles. The van der Waals surface area contributed by atoms with E-state index in [4.69, 9.17) is 25.8 Å². The van der Waals surface area contributed by atoms with E-state index in [0.717, 1.165) is 23.9 Å². The third kappa shape index (κ3) is 5.08. The van der Waals surface area contributed by atoms with Gasteiger partial charge in [-0.2, -0.15) is 0 Å². The lowest BCUT2D eigenvalue weighted by atomic mass is 10.2. The molecule has 0 radical (unpaired) electrons. The highest BCUT2D eigenvalue weighted by molar-refractivity contribution is 7.92. The van der Waals surface area contributed by atoms with Gasteiger partial charge in [0.25, 0.3) is 10.0 Å². The van der Waals surface area contributed by atoms with Crippen LogP contribution in [-0.4, -0.2) is 47.9 Å². The molecule has 2 aromatic rings. The van der Waals surface area contributed by atoms with Crippen LogP contribution in [0.1, 0.15) is 13.8 Å². The number of halogens is 2. The second-order valence-corrected chi connectivity index (χ2v) is 8.52. The van der Waals surface area contributed by atoms with Gasteiger partial charge in [0.15, 0.2) is 0 Å². The Morgan fingerprint density at radius 1 is 1.10 bits per heavy atom. The maximum Gasteiger partial charge on any atom is 0.263 e. The summed E-state index contributed by atoms with van der Waals surface area (Å²) >= 11 is 5.96. The van der Waals surface area contributed by atoms with E-state index < -0.39 is 15.8 Å². The molecule has 0 aliphatic carbocycles. The number of anilines is 2. The van der Waals surface area contributed by atoms with Gasteiger partial charge in [-0.1, -0.05) is 11.6 Å². The lowest BCUT2D eigenvalue weighted by Crippen LogP contribution is -2.36. The molecule has 7 nitrogen and oxygen atoms in total. The number of hydrogen-bond acceptors (Lipinski definition) is 6. The molecule has 1 fully saturated rings. The van der Waals surface area contributed by atoms with Gasteiger partial charge >= 0.3 is 0 Å². The van der Waals surface area contributed by atoms with E-state index in [1.54, 1.807) is 19.1 Å². The number of benzene rings is 2. The van der Waals surface area contributed by atoms with Gasteiger partial charge in [0.05, 0.1) is 42.8 Å². The first-order valence-corrected chi connectivity index (χ1v) is 11.5. The summed E-state index contributed by atoms with van der Waals surface area (Å²) in [6.45, 7) is 6.94. The normalized spacial score (nSPS) is 14.5. The third-order valence-corrected chi connectivity index (χ3v) is 6.29. The Hall–Kier alpha value is -2.23.